The van der Waals surface area contributed by atoms with Crippen LogP contribution in [0.5, 0.6) is 0 Å². The molecule has 8 heteroatoms. The number of carboxylic acids is 2. The van der Waals surface area contributed by atoms with Gasteiger partial charge in [-0.1, -0.05) is 44.2 Å². The molecule has 1 aliphatic carbocycles. The highest BCUT2D eigenvalue weighted by Crippen LogP contribution is 2.53. The number of carboxylic acid groups (broad SMARTS) is 2. The van der Waals surface area contributed by atoms with Crippen LogP contribution in [-0.2, 0) is 19.7 Å². The van der Waals surface area contributed by atoms with E-state index in [-0.39, 0.29) is 42.2 Å². The second-order valence-electron chi connectivity index (χ2n) is 8.89. The number of carbonyl (C=O) groups is 2. The largest absolute Gasteiger partial charge is 0.478 e. The zero-order chi connectivity index (χ0) is 24.3. The van der Waals surface area contributed by atoms with Gasteiger partial charge in [-0.2, -0.15) is 0 Å². The van der Waals surface area contributed by atoms with Gasteiger partial charge in [0.05, 0.1) is 23.2 Å². The van der Waals surface area contributed by atoms with E-state index in [1.165, 1.54) is 19.2 Å². The minimum Gasteiger partial charge on any atom is -0.478 e. The second-order valence-corrected chi connectivity index (χ2v) is 8.89. The fraction of sp³-hybridized carbons (Fsp3) is 0.520. The number of ether oxygens (including phenoxy) is 1. The van der Waals surface area contributed by atoms with Crippen molar-refractivity contribution in [3.63, 3.8) is 0 Å². The van der Waals surface area contributed by atoms with Crippen LogP contribution in [0.15, 0.2) is 40.7 Å². The Labute approximate surface area is 192 Å². The van der Waals surface area contributed by atoms with Gasteiger partial charge in [-0.3, -0.25) is 0 Å². The molecule has 33 heavy (non-hydrogen) atoms. The van der Waals surface area contributed by atoms with E-state index in [0.717, 1.165) is 38.2 Å². The number of halogens is 2. The number of hydrogen-bond acceptors (Lipinski definition) is 4. The van der Waals surface area contributed by atoms with Crippen LogP contribution < -0.4 is 0 Å². The van der Waals surface area contributed by atoms with Gasteiger partial charge in [0.25, 0.3) is 0 Å². The average molecular weight is 464 g/mol. The summed E-state index contributed by atoms with van der Waals surface area (Å²) in [7, 11) is 1.49. The van der Waals surface area contributed by atoms with Crippen molar-refractivity contribution in [2.75, 3.05) is 20.3 Å². The molecule has 0 spiro atoms. The first-order valence-electron chi connectivity index (χ1n) is 11.3. The van der Waals surface area contributed by atoms with Crippen molar-refractivity contribution >= 4 is 11.9 Å². The van der Waals surface area contributed by atoms with Gasteiger partial charge in [-0.25, -0.2) is 18.4 Å². The lowest BCUT2D eigenvalue weighted by atomic mass is 9.60. The number of benzene rings is 1. The minimum absolute atomic E-state index is 0.0174. The Morgan fingerprint density at radius 3 is 2.15 bits per heavy atom. The van der Waals surface area contributed by atoms with E-state index in [4.69, 9.17) is 4.74 Å². The Kier molecular flexibility index (Phi) is 7.57. The van der Waals surface area contributed by atoms with Crippen LogP contribution in [0, 0.1) is 17.6 Å². The summed E-state index contributed by atoms with van der Waals surface area (Å²) >= 11 is 0. The first-order chi connectivity index (χ1) is 15.7. The van der Waals surface area contributed by atoms with Crippen LogP contribution in [0.3, 0.4) is 0 Å². The van der Waals surface area contributed by atoms with Crippen LogP contribution in [0.2, 0.25) is 0 Å². The maximum Gasteiger partial charge on any atom is 0.334 e. The number of methoxy groups -OCH3 is 1. The normalized spacial score (nSPS) is 19.2. The number of hydrogen-bond donors (Lipinski definition) is 2. The van der Waals surface area contributed by atoms with E-state index in [1.54, 1.807) is 18.7 Å². The molecule has 1 fully saturated rings. The van der Waals surface area contributed by atoms with E-state index in [2.05, 4.69) is 0 Å². The molecule has 1 aromatic carbocycles. The van der Waals surface area contributed by atoms with E-state index in [1.807, 2.05) is 0 Å². The Hall–Kier alpha value is -2.74. The van der Waals surface area contributed by atoms with Gasteiger partial charge in [0, 0.05) is 30.6 Å². The van der Waals surface area contributed by atoms with E-state index >= 15 is 4.39 Å². The lowest BCUT2D eigenvalue weighted by Crippen LogP contribution is -2.48. The summed E-state index contributed by atoms with van der Waals surface area (Å²) in [4.78, 5) is 27.1. The molecule has 1 aliphatic heterocycles. The highest BCUT2D eigenvalue weighted by molar-refractivity contribution is 6.00. The maximum atomic E-state index is 15.4. The monoisotopic (exact) mass is 463 g/mol. The molecule has 0 saturated heterocycles. The van der Waals surface area contributed by atoms with Crippen LogP contribution in [0.4, 0.5) is 8.78 Å². The topological polar surface area (TPSA) is 87.1 Å². The third-order valence-electron chi connectivity index (χ3n) is 7.06. The molecule has 0 bridgehead atoms. The second kappa shape index (κ2) is 10.0. The SMILES string of the molecule is COCCN1C(C)=C(C(=O)O)C(CC2CCCCC2)(c2cccc(F)c2F)C(C(=O)O)=C1C. The van der Waals surface area contributed by atoms with Crippen LogP contribution in [0.25, 0.3) is 0 Å². The molecule has 0 unspecified atom stereocenters. The summed E-state index contributed by atoms with van der Waals surface area (Å²) in [6, 6.07) is 3.57. The van der Waals surface area contributed by atoms with E-state index in [0.29, 0.717) is 11.4 Å². The molecule has 3 rings (SSSR count). The highest BCUT2D eigenvalue weighted by Gasteiger charge is 2.54. The van der Waals surface area contributed by atoms with Crippen molar-refractivity contribution in [3.8, 4) is 0 Å². The third kappa shape index (κ3) is 4.40. The fourth-order valence-corrected chi connectivity index (χ4v) is 5.70. The number of aliphatic carboxylic acids is 2. The van der Waals surface area contributed by atoms with Gasteiger partial charge in [-0.15, -0.1) is 0 Å². The molecular weight excluding hydrogens is 432 g/mol. The number of nitrogens with zero attached hydrogens (tertiary/aromatic N) is 1. The summed E-state index contributed by atoms with van der Waals surface area (Å²) in [5, 5.41) is 20.8. The first-order valence-corrected chi connectivity index (χ1v) is 11.3. The van der Waals surface area contributed by atoms with Crippen LogP contribution in [-0.4, -0.2) is 47.3 Å². The average Bonchev–Trinajstić information content (AvgIpc) is 2.75. The quantitative estimate of drug-likeness (QED) is 0.573. The Bertz CT molecular complexity index is 957. The molecule has 0 amide bonds. The smallest absolute Gasteiger partial charge is 0.334 e. The van der Waals surface area contributed by atoms with Gasteiger partial charge in [0.15, 0.2) is 11.6 Å². The molecule has 1 heterocycles. The third-order valence-corrected chi connectivity index (χ3v) is 7.06. The molecule has 0 radical (unpaired) electrons. The Balaban J connectivity index is 2.40. The molecule has 6 nitrogen and oxygen atoms in total. The molecule has 0 aromatic heterocycles. The van der Waals surface area contributed by atoms with Crippen molar-refractivity contribution in [2.24, 2.45) is 5.92 Å². The van der Waals surface area contributed by atoms with Gasteiger partial charge in [0.2, 0.25) is 0 Å². The lowest BCUT2D eigenvalue weighted by molar-refractivity contribution is -0.135. The van der Waals surface area contributed by atoms with Crippen molar-refractivity contribution in [1.82, 2.24) is 4.90 Å². The summed E-state index contributed by atoms with van der Waals surface area (Å²) in [5.74, 6) is -5.06. The van der Waals surface area contributed by atoms with E-state index < -0.39 is 29.0 Å². The standard InChI is InChI=1S/C25H31F2NO5/c1-15-20(23(29)30)25(14-17-8-5-4-6-9-17,18-10-7-11-19(26)22(18)27)21(24(31)32)16(2)28(15)12-13-33-3/h7,10-11,17H,4-6,8-9,12-14H2,1-3H3,(H,29,30)(H,31,32). The molecule has 1 saturated carbocycles. The minimum atomic E-state index is -1.83. The molecule has 180 valence electrons. The summed E-state index contributed by atoms with van der Waals surface area (Å²) < 4.78 is 35.0. The number of allylic oxidation sites excluding steroid dienone is 2. The van der Waals surface area contributed by atoms with Crippen molar-refractivity contribution in [1.29, 1.82) is 0 Å². The summed E-state index contributed by atoms with van der Waals surface area (Å²) in [6.45, 7) is 3.65. The van der Waals surface area contributed by atoms with Crippen LogP contribution >= 0.6 is 0 Å². The first kappa shape index (κ1) is 24.9. The zero-order valence-electron chi connectivity index (χ0n) is 19.3. The molecule has 2 aliphatic rings. The summed E-state index contributed by atoms with van der Waals surface area (Å²) in [5.41, 5.74) is -1.91. The highest BCUT2D eigenvalue weighted by atomic mass is 19.2. The van der Waals surface area contributed by atoms with Crippen molar-refractivity contribution < 1.29 is 33.3 Å². The molecule has 0 atom stereocenters. The van der Waals surface area contributed by atoms with Gasteiger partial charge < -0.3 is 19.8 Å². The molecular formula is C25H31F2NO5. The van der Waals surface area contributed by atoms with Crippen LogP contribution in [0.1, 0.15) is 57.9 Å². The zero-order valence-corrected chi connectivity index (χ0v) is 19.3. The van der Waals surface area contributed by atoms with Crippen molar-refractivity contribution in [2.45, 2.75) is 57.8 Å². The van der Waals surface area contributed by atoms with Gasteiger partial charge in [-0.05, 0) is 32.3 Å². The Morgan fingerprint density at radius 1 is 1.06 bits per heavy atom. The molecule has 1 aromatic rings. The van der Waals surface area contributed by atoms with Crippen molar-refractivity contribution in [3.05, 3.63) is 57.9 Å². The summed E-state index contributed by atoms with van der Waals surface area (Å²) in [6.07, 6.45) is 4.56. The molecule has 2 N–H and O–H groups in total. The maximum absolute atomic E-state index is 15.4. The number of rotatable bonds is 8. The van der Waals surface area contributed by atoms with Gasteiger partial charge in [0.1, 0.15) is 0 Å². The van der Waals surface area contributed by atoms with E-state index in [9.17, 15) is 24.2 Å². The Morgan fingerprint density at radius 2 is 1.64 bits per heavy atom. The predicted octanol–water partition coefficient (Wildman–Crippen LogP) is 4.85. The van der Waals surface area contributed by atoms with Gasteiger partial charge >= 0.3 is 11.9 Å². The fourth-order valence-electron chi connectivity index (χ4n) is 5.70. The lowest BCUT2D eigenvalue weighted by Gasteiger charge is -2.46. The predicted molar refractivity (Wildman–Crippen MR) is 118 cm³/mol.